The number of hydrogen-bond acceptors (Lipinski definition) is 3. The molecule has 0 aromatic carbocycles. The molecule has 8 heavy (non-hydrogen) atoms. The van der Waals surface area contributed by atoms with Gasteiger partial charge in [0, 0.05) is 5.92 Å². The van der Waals surface area contributed by atoms with Crippen molar-refractivity contribution in [2.45, 2.75) is 12.8 Å². The van der Waals surface area contributed by atoms with Gasteiger partial charge in [0.1, 0.15) is 0 Å². The summed E-state index contributed by atoms with van der Waals surface area (Å²) in [5, 5.41) is 2.75. The topological polar surface area (TPSA) is 65.3 Å². The molecule has 0 bridgehead atoms. The molecule has 1 aliphatic carbocycles. The first-order valence-corrected chi connectivity index (χ1v) is 2.51. The zero-order chi connectivity index (χ0) is 5.98. The molecule has 1 amide bonds. The van der Waals surface area contributed by atoms with Crippen LogP contribution in [0.5, 0.6) is 0 Å². The standard InChI is InChI=1S/C4H7N3O/c5-7-6-4(8)3-1-2-3/h3H,1-2H2,(H2,5,6,8). The van der Waals surface area contributed by atoms with E-state index in [1.807, 2.05) is 0 Å². The zero-order valence-electron chi connectivity index (χ0n) is 4.35. The van der Waals surface area contributed by atoms with Crippen molar-refractivity contribution >= 4 is 5.91 Å². The second-order valence-corrected chi connectivity index (χ2v) is 1.86. The molecule has 0 aromatic rings. The van der Waals surface area contributed by atoms with E-state index in [0.717, 1.165) is 12.8 Å². The van der Waals surface area contributed by atoms with E-state index in [1.54, 1.807) is 0 Å². The van der Waals surface area contributed by atoms with E-state index in [-0.39, 0.29) is 11.8 Å². The van der Waals surface area contributed by atoms with Gasteiger partial charge in [-0.05, 0) is 12.8 Å². The van der Waals surface area contributed by atoms with Crippen molar-refractivity contribution in [1.82, 2.24) is 5.43 Å². The number of rotatable bonds is 2. The summed E-state index contributed by atoms with van der Waals surface area (Å²) in [6, 6.07) is 0. The van der Waals surface area contributed by atoms with Crippen LogP contribution < -0.4 is 5.43 Å². The Bertz CT molecular complexity index is 118. The van der Waals surface area contributed by atoms with Gasteiger partial charge in [0.15, 0.2) is 0 Å². The molecule has 0 unspecified atom stereocenters. The van der Waals surface area contributed by atoms with E-state index in [9.17, 15) is 4.79 Å². The number of amides is 1. The fourth-order valence-electron chi connectivity index (χ4n) is 0.492. The molecule has 2 N–H and O–H groups in total. The van der Waals surface area contributed by atoms with Crippen LogP contribution in [0.1, 0.15) is 12.8 Å². The number of hydrogen-bond donors (Lipinski definition) is 2. The first kappa shape index (κ1) is 5.21. The fourth-order valence-corrected chi connectivity index (χ4v) is 0.492. The highest BCUT2D eigenvalue weighted by molar-refractivity contribution is 5.80. The molecule has 1 aliphatic rings. The van der Waals surface area contributed by atoms with E-state index in [0.29, 0.717) is 0 Å². The third-order valence-corrected chi connectivity index (χ3v) is 1.11. The lowest BCUT2D eigenvalue weighted by molar-refractivity contribution is -0.122. The molecule has 1 rings (SSSR count). The molecule has 44 valence electrons. The Hall–Kier alpha value is -0.930. The van der Waals surface area contributed by atoms with Gasteiger partial charge in [0.2, 0.25) is 5.91 Å². The molecule has 1 fully saturated rings. The van der Waals surface area contributed by atoms with Gasteiger partial charge in [-0.3, -0.25) is 4.79 Å². The van der Waals surface area contributed by atoms with E-state index in [4.69, 9.17) is 5.53 Å². The van der Waals surface area contributed by atoms with Crippen LogP contribution in [0.2, 0.25) is 0 Å². The number of carbonyl (C=O) groups excluding carboxylic acids is 1. The fraction of sp³-hybridized carbons (Fsp3) is 0.750. The van der Waals surface area contributed by atoms with Crippen LogP contribution in [0.4, 0.5) is 0 Å². The van der Waals surface area contributed by atoms with Crippen LogP contribution in [0.3, 0.4) is 0 Å². The lowest BCUT2D eigenvalue weighted by atomic mass is 10.4. The maximum Gasteiger partial charge on any atom is 0.244 e. The highest BCUT2D eigenvalue weighted by Gasteiger charge is 2.29. The summed E-state index contributed by atoms with van der Waals surface area (Å²) in [5.74, 6) is 0.0455. The zero-order valence-corrected chi connectivity index (χ0v) is 4.35. The minimum absolute atomic E-state index is 0.111. The Morgan fingerprint density at radius 2 is 2.38 bits per heavy atom. The highest BCUT2D eigenvalue weighted by Crippen LogP contribution is 2.28. The molecule has 0 heterocycles. The predicted molar refractivity (Wildman–Crippen MR) is 26.0 cm³/mol. The predicted octanol–water partition coefficient (Wildman–Crippen LogP) is 0.459. The lowest BCUT2D eigenvalue weighted by Gasteiger charge is -1.88. The largest absolute Gasteiger partial charge is 0.273 e. The van der Waals surface area contributed by atoms with E-state index < -0.39 is 0 Å². The lowest BCUT2D eigenvalue weighted by Crippen LogP contribution is -2.17. The number of nitrogens with zero attached hydrogens (tertiary/aromatic N) is 1. The van der Waals surface area contributed by atoms with Gasteiger partial charge in [-0.25, -0.2) is 5.43 Å². The molecule has 0 spiro atoms. The summed E-state index contributed by atoms with van der Waals surface area (Å²) < 4.78 is 0. The molecule has 4 nitrogen and oxygen atoms in total. The normalized spacial score (nSPS) is 17.5. The first-order chi connectivity index (χ1) is 3.84. The first-order valence-electron chi connectivity index (χ1n) is 2.51. The van der Waals surface area contributed by atoms with E-state index in [2.05, 4.69) is 10.6 Å². The Labute approximate surface area is 46.7 Å². The van der Waals surface area contributed by atoms with Crippen LogP contribution in [-0.4, -0.2) is 5.91 Å². The van der Waals surface area contributed by atoms with Crippen molar-refractivity contribution in [1.29, 1.82) is 5.53 Å². The van der Waals surface area contributed by atoms with Crippen molar-refractivity contribution < 1.29 is 4.79 Å². The minimum atomic E-state index is -0.111. The quantitative estimate of drug-likeness (QED) is 0.396. The van der Waals surface area contributed by atoms with Crippen LogP contribution in [0.15, 0.2) is 5.22 Å². The van der Waals surface area contributed by atoms with Crippen molar-refractivity contribution in [2.75, 3.05) is 0 Å². The van der Waals surface area contributed by atoms with Gasteiger partial charge in [-0.2, -0.15) is 5.53 Å². The summed E-state index contributed by atoms with van der Waals surface area (Å²) in [7, 11) is 0. The summed E-state index contributed by atoms with van der Waals surface area (Å²) in [4.78, 5) is 10.5. The van der Waals surface area contributed by atoms with Crippen LogP contribution in [0.25, 0.3) is 0 Å². The van der Waals surface area contributed by atoms with E-state index in [1.165, 1.54) is 0 Å². The minimum Gasteiger partial charge on any atom is -0.273 e. The molecular weight excluding hydrogens is 106 g/mol. The monoisotopic (exact) mass is 113 g/mol. The van der Waals surface area contributed by atoms with Crippen molar-refractivity contribution in [2.24, 2.45) is 11.1 Å². The number of nitrogens with one attached hydrogen (secondary N) is 2. The van der Waals surface area contributed by atoms with Gasteiger partial charge in [0.05, 0.1) is 0 Å². The average Bonchev–Trinajstić information content (AvgIpc) is 2.45. The Morgan fingerprint density at radius 3 is 2.75 bits per heavy atom. The van der Waals surface area contributed by atoms with Crippen LogP contribution in [0, 0.1) is 11.4 Å². The smallest absolute Gasteiger partial charge is 0.244 e. The van der Waals surface area contributed by atoms with Gasteiger partial charge < -0.3 is 0 Å². The molecule has 0 atom stereocenters. The maximum absolute atomic E-state index is 10.5. The molecule has 1 saturated carbocycles. The van der Waals surface area contributed by atoms with Gasteiger partial charge in [0.25, 0.3) is 0 Å². The maximum atomic E-state index is 10.5. The molecule has 0 radical (unpaired) electrons. The van der Waals surface area contributed by atoms with E-state index >= 15 is 0 Å². The average molecular weight is 113 g/mol. The summed E-state index contributed by atoms with van der Waals surface area (Å²) in [6.07, 6.45) is 1.92. The molecule has 0 aromatic heterocycles. The van der Waals surface area contributed by atoms with Crippen molar-refractivity contribution in [3.63, 3.8) is 0 Å². The Kier molecular flexibility index (Phi) is 1.24. The van der Waals surface area contributed by atoms with Gasteiger partial charge in [-0.15, -0.1) is 0 Å². The molecule has 0 saturated heterocycles. The van der Waals surface area contributed by atoms with Crippen molar-refractivity contribution in [3.8, 4) is 0 Å². The van der Waals surface area contributed by atoms with Gasteiger partial charge in [-0.1, -0.05) is 5.22 Å². The summed E-state index contributed by atoms with van der Waals surface area (Å²) in [6.45, 7) is 0. The SMILES string of the molecule is N=NNC(=O)C1CC1. The van der Waals surface area contributed by atoms with Crippen LogP contribution in [-0.2, 0) is 4.79 Å². The Morgan fingerprint density at radius 1 is 1.75 bits per heavy atom. The molecule has 0 aliphatic heterocycles. The molecule has 4 heteroatoms. The molecular formula is C4H7N3O. The summed E-state index contributed by atoms with van der Waals surface area (Å²) in [5.41, 5.74) is 8.31. The second kappa shape index (κ2) is 1.90. The van der Waals surface area contributed by atoms with Crippen molar-refractivity contribution in [3.05, 3.63) is 0 Å². The van der Waals surface area contributed by atoms with Gasteiger partial charge >= 0.3 is 0 Å². The Balaban J connectivity index is 2.22. The third-order valence-electron chi connectivity index (χ3n) is 1.11. The third kappa shape index (κ3) is 1.02. The second-order valence-electron chi connectivity index (χ2n) is 1.86. The highest BCUT2D eigenvalue weighted by atomic mass is 16.2. The van der Waals surface area contributed by atoms with Crippen LogP contribution >= 0.6 is 0 Å². The summed E-state index contributed by atoms with van der Waals surface area (Å²) >= 11 is 0. The number of carbonyl (C=O) groups is 1.